The van der Waals surface area contributed by atoms with Crippen LogP contribution in [0, 0.1) is 5.82 Å². The number of rotatable bonds is 3. The summed E-state index contributed by atoms with van der Waals surface area (Å²) < 4.78 is 18.4. The Morgan fingerprint density at radius 3 is 2.89 bits per heavy atom. The molecule has 0 unspecified atom stereocenters. The first kappa shape index (κ1) is 12.2. The average Bonchev–Trinajstić information content (AvgIpc) is 2.76. The summed E-state index contributed by atoms with van der Waals surface area (Å²) in [6.07, 6.45) is 2.40. The molecule has 1 saturated carbocycles. The Morgan fingerprint density at radius 2 is 2.21 bits per heavy atom. The number of fused-ring (bicyclic) bond motifs is 1. The average molecular weight is 263 g/mol. The predicted octanol–water partition coefficient (Wildman–Crippen LogP) is 2.22. The second kappa shape index (κ2) is 4.35. The van der Waals surface area contributed by atoms with Crippen LogP contribution < -0.4 is 5.32 Å². The molecule has 2 N–H and O–H groups in total. The molecule has 0 spiro atoms. The number of hydrogen-bond acceptors (Lipinski definition) is 3. The van der Waals surface area contributed by atoms with E-state index in [4.69, 9.17) is 4.42 Å². The smallest absolute Gasteiger partial charge is 0.287 e. The zero-order valence-electron chi connectivity index (χ0n) is 10.3. The molecule has 100 valence electrons. The summed E-state index contributed by atoms with van der Waals surface area (Å²) in [5.74, 6) is -0.635. The van der Waals surface area contributed by atoms with Crippen LogP contribution in [0.4, 0.5) is 4.39 Å². The molecule has 1 fully saturated rings. The molecule has 1 aliphatic carbocycles. The largest absolute Gasteiger partial charge is 0.451 e. The van der Waals surface area contributed by atoms with Crippen LogP contribution in [0.3, 0.4) is 0 Å². The summed E-state index contributed by atoms with van der Waals surface area (Å²) in [6, 6.07) is 5.58. The van der Waals surface area contributed by atoms with E-state index in [0.717, 1.165) is 6.42 Å². The molecule has 1 aromatic heterocycles. The van der Waals surface area contributed by atoms with Gasteiger partial charge in [-0.15, -0.1) is 0 Å². The van der Waals surface area contributed by atoms with Crippen molar-refractivity contribution in [2.24, 2.45) is 0 Å². The Labute approximate surface area is 109 Å². The maximum absolute atomic E-state index is 13.0. The van der Waals surface area contributed by atoms with Gasteiger partial charge in [-0.2, -0.15) is 0 Å². The number of furan rings is 1. The molecule has 0 bridgehead atoms. The Balaban J connectivity index is 1.74. The Bertz CT molecular complexity index is 631. The van der Waals surface area contributed by atoms with Crippen molar-refractivity contribution in [1.82, 2.24) is 5.32 Å². The van der Waals surface area contributed by atoms with Crippen LogP contribution in [-0.4, -0.2) is 23.2 Å². The van der Waals surface area contributed by atoms with E-state index in [1.807, 2.05) is 0 Å². The van der Waals surface area contributed by atoms with Crippen LogP contribution in [0.15, 0.2) is 28.7 Å². The normalized spacial score (nSPS) is 17.2. The van der Waals surface area contributed by atoms with E-state index in [9.17, 15) is 14.3 Å². The number of carbonyl (C=O) groups excluding carboxylic acids is 1. The molecular weight excluding hydrogens is 249 g/mol. The fraction of sp³-hybridized carbons (Fsp3) is 0.357. The van der Waals surface area contributed by atoms with Gasteiger partial charge in [0.15, 0.2) is 5.76 Å². The van der Waals surface area contributed by atoms with E-state index in [1.54, 1.807) is 0 Å². The van der Waals surface area contributed by atoms with Crippen molar-refractivity contribution >= 4 is 16.9 Å². The maximum Gasteiger partial charge on any atom is 0.287 e. The molecule has 0 aliphatic heterocycles. The van der Waals surface area contributed by atoms with E-state index < -0.39 is 11.5 Å². The van der Waals surface area contributed by atoms with Crippen molar-refractivity contribution < 1.29 is 18.7 Å². The number of aliphatic hydroxyl groups is 1. The van der Waals surface area contributed by atoms with Crippen molar-refractivity contribution in [3.63, 3.8) is 0 Å². The van der Waals surface area contributed by atoms with Gasteiger partial charge in [0.25, 0.3) is 5.91 Å². The highest BCUT2D eigenvalue weighted by atomic mass is 19.1. The molecule has 1 aliphatic rings. The first-order valence-corrected chi connectivity index (χ1v) is 6.25. The first-order chi connectivity index (χ1) is 9.06. The molecule has 1 amide bonds. The van der Waals surface area contributed by atoms with Crippen LogP contribution in [0.25, 0.3) is 11.0 Å². The summed E-state index contributed by atoms with van der Waals surface area (Å²) in [5, 5.41) is 13.1. The highest BCUT2D eigenvalue weighted by Crippen LogP contribution is 2.30. The van der Waals surface area contributed by atoms with Crippen LogP contribution in [0.5, 0.6) is 0 Å². The zero-order valence-corrected chi connectivity index (χ0v) is 10.3. The number of carbonyl (C=O) groups is 1. The van der Waals surface area contributed by atoms with E-state index in [-0.39, 0.29) is 18.1 Å². The van der Waals surface area contributed by atoms with Crippen LogP contribution in [-0.2, 0) is 0 Å². The minimum absolute atomic E-state index is 0.128. The second-order valence-electron chi connectivity index (χ2n) is 5.05. The van der Waals surface area contributed by atoms with Crippen molar-refractivity contribution in [3.8, 4) is 0 Å². The van der Waals surface area contributed by atoms with Crippen molar-refractivity contribution in [2.45, 2.75) is 24.9 Å². The maximum atomic E-state index is 13.0. The molecule has 3 rings (SSSR count). The minimum atomic E-state index is -0.770. The number of amides is 1. The van der Waals surface area contributed by atoms with Crippen molar-refractivity contribution in [3.05, 3.63) is 35.8 Å². The van der Waals surface area contributed by atoms with E-state index >= 15 is 0 Å². The highest BCUT2D eigenvalue weighted by Gasteiger charge is 2.34. The molecule has 1 aromatic carbocycles. The number of halogens is 1. The fourth-order valence-corrected chi connectivity index (χ4v) is 2.22. The third-order valence-electron chi connectivity index (χ3n) is 3.56. The van der Waals surface area contributed by atoms with Crippen molar-refractivity contribution in [2.75, 3.05) is 6.54 Å². The van der Waals surface area contributed by atoms with Gasteiger partial charge in [0.2, 0.25) is 0 Å². The lowest BCUT2D eigenvalue weighted by molar-refractivity contribution is -0.0301. The summed E-state index contributed by atoms with van der Waals surface area (Å²) in [6.45, 7) is 0.219. The molecule has 0 atom stereocenters. The van der Waals surface area contributed by atoms with Crippen molar-refractivity contribution in [1.29, 1.82) is 0 Å². The fourth-order valence-electron chi connectivity index (χ4n) is 2.22. The lowest BCUT2D eigenvalue weighted by Gasteiger charge is -2.36. The van der Waals surface area contributed by atoms with E-state index in [1.165, 1.54) is 24.3 Å². The minimum Gasteiger partial charge on any atom is -0.451 e. The molecule has 0 radical (unpaired) electrons. The lowest BCUT2D eigenvalue weighted by Crippen LogP contribution is -2.47. The topological polar surface area (TPSA) is 62.5 Å². The quantitative estimate of drug-likeness (QED) is 0.892. The Kier molecular flexibility index (Phi) is 2.78. The molecule has 1 heterocycles. The zero-order chi connectivity index (χ0) is 13.5. The van der Waals surface area contributed by atoms with Gasteiger partial charge in [-0.1, -0.05) is 0 Å². The molecule has 5 heteroatoms. The Hall–Kier alpha value is -1.88. The summed E-state index contributed by atoms with van der Waals surface area (Å²) in [7, 11) is 0. The number of benzene rings is 1. The number of nitrogens with one attached hydrogen (secondary N) is 1. The van der Waals surface area contributed by atoms with Gasteiger partial charge in [0, 0.05) is 11.9 Å². The predicted molar refractivity (Wildman–Crippen MR) is 67.3 cm³/mol. The van der Waals surface area contributed by atoms with Gasteiger partial charge in [-0.05, 0) is 43.5 Å². The lowest BCUT2D eigenvalue weighted by atomic mass is 9.80. The van der Waals surface area contributed by atoms with Gasteiger partial charge in [-0.25, -0.2) is 4.39 Å². The Morgan fingerprint density at radius 1 is 1.42 bits per heavy atom. The second-order valence-corrected chi connectivity index (χ2v) is 5.05. The molecule has 2 aromatic rings. The third kappa shape index (κ3) is 2.33. The van der Waals surface area contributed by atoms with Gasteiger partial charge in [0.05, 0.1) is 5.60 Å². The van der Waals surface area contributed by atoms with Crippen LogP contribution in [0.2, 0.25) is 0 Å². The first-order valence-electron chi connectivity index (χ1n) is 6.25. The van der Waals surface area contributed by atoms with Crippen LogP contribution in [0.1, 0.15) is 29.8 Å². The monoisotopic (exact) mass is 263 g/mol. The standard InChI is InChI=1S/C14H14FNO3/c15-10-2-3-11-9(6-10)7-12(19-11)13(17)16-8-14(18)4-1-5-14/h2-3,6-7,18H,1,4-5,8H2,(H,16,17). The van der Waals surface area contributed by atoms with E-state index in [0.29, 0.717) is 23.8 Å². The van der Waals surface area contributed by atoms with Gasteiger partial charge in [-0.3, -0.25) is 4.79 Å². The van der Waals surface area contributed by atoms with Gasteiger partial charge in [0.1, 0.15) is 11.4 Å². The summed E-state index contributed by atoms with van der Waals surface area (Å²) in [4.78, 5) is 11.9. The SMILES string of the molecule is O=C(NCC1(O)CCC1)c1cc2cc(F)ccc2o1. The van der Waals surface area contributed by atoms with Gasteiger partial charge >= 0.3 is 0 Å². The van der Waals surface area contributed by atoms with E-state index in [2.05, 4.69) is 5.32 Å². The molecule has 0 saturated heterocycles. The molecule has 19 heavy (non-hydrogen) atoms. The third-order valence-corrected chi connectivity index (χ3v) is 3.56. The number of hydrogen-bond donors (Lipinski definition) is 2. The summed E-state index contributed by atoms with van der Waals surface area (Å²) in [5.41, 5.74) is -0.303. The molecule has 4 nitrogen and oxygen atoms in total. The van der Waals surface area contributed by atoms with Gasteiger partial charge < -0.3 is 14.8 Å². The molecular formula is C14H14FNO3. The highest BCUT2D eigenvalue weighted by molar-refractivity contribution is 5.96. The van der Waals surface area contributed by atoms with Crippen LogP contribution >= 0.6 is 0 Å². The summed E-state index contributed by atoms with van der Waals surface area (Å²) >= 11 is 0.